The molecule has 3 N–H and O–H groups in total. The summed E-state index contributed by atoms with van der Waals surface area (Å²) in [6.07, 6.45) is 1.38. The van der Waals surface area contributed by atoms with Crippen LogP contribution in [0.3, 0.4) is 0 Å². The average molecular weight is 274 g/mol. The van der Waals surface area contributed by atoms with E-state index in [0.29, 0.717) is 36.2 Å². The number of amides is 2. The molecule has 0 fully saturated rings. The Bertz CT molecular complexity index is 651. The van der Waals surface area contributed by atoms with E-state index in [9.17, 15) is 9.59 Å². The number of nitrogens with zero attached hydrogens (tertiary/aromatic N) is 1. The molecule has 0 aliphatic carbocycles. The van der Waals surface area contributed by atoms with E-state index in [2.05, 4.69) is 20.6 Å². The van der Waals surface area contributed by atoms with Crippen molar-refractivity contribution in [3.8, 4) is 0 Å². The van der Waals surface area contributed by atoms with Crippen LogP contribution in [0.1, 0.15) is 19.2 Å². The standard InChI is InChI=1S/C14H18N4O2/c1-2-8-15-14(20)16-9-7-12-17-11-6-4-3-5-10(11)13(19)18-12/h3-6H,2,7-9H2,1H3,(H2,15,16,20)(H,17,18,19). The molecule has 106 valence electrons. The zero-order valence-electron chi connectivity index (χ0n) is 11.4. The molecular formula is C14H18N4O2. The van der Waals surface area contributed by atoms with E-state index in [1.807, 2.05) is 13.0 Å². The Morgan fingerprint density at radius 3 is 2.80 bits per heavy atom. The van der Waals surface area contributed by atoms with Gasteiger partial charge in [-0.3, -0.25) is 4.79 Å². The third-order valence-corrected chi connectivity index (χ3v) is 2.84. The highest BCUT2D eigenvalue weighted by atomic mass is 16.2. The van der Waals surface area contributed by atoms with Crippen LogP contribution in [0.4, 0.5) is 4.79 Å². The Hall–Kier alpha value is -2.37. The number of nitrogens with one attached hydrogen (secondary N) is 3. The van der Waals surface area contributed by atoms with Gasteiger partial charge in [-0.25, -0.2) is 9.78 Å². The van der Waals surface area contributed by atoms with Crippen molar-refractivity contribution >= 4 is 16.9 Å². The van der Waals surface area contributed by atoms with Crippen LogP contribution in [-0.2, 0) is 6.42 Å². The minimum Gasteiger partial charge on any atom is -0.338 e. The fraction of sp³-hybridized carbons (Fsp3) is 0.357. The lowest BCUT2D eigenvalue weighted by molar-refractivity contribution is 0.241. The van der Waals surface area contributed by atoms with Gasteiger partial charge in [0.2, 0.25) is 0 Å². The van der Waals surface area contributed by atoms with Crippen molar-refractivity contribution < 1.29 is 4.79 Å². The number of aromatic nitrogens is 2. The van der Waals surface area contributed by atoms with Crippen molar-refractivity contribution in [2.75, 3.05) is 13.1 Å². The van der Waals surface area contributed by atoms with Crippen LogP contribution in [0, 0.1) is 0 Å². The van der Waals surface area contributed by atoms with E-state index in [1.165, 1.54) is 0 Å². The van der Waals surface area contributed by atoms with Gasteiger partial charge in [0.15, 0.2) is 0 Å². The first-order valence-corrected chi connectivity index (χ1v) is 6.70. The summed E-state index contributed by atoms with van der Waals surface area (Å²) in [4.78, 5) is 30.3. The van der Waals surface area contributed by atoms with Crippen LogP contribution in [0.2, 0.25) is 0 Å². The third kappa shape index (κ3) is 3.57. The minimum atomic E-state index is -0.199. The predicted octanol–water partition coefficient (Wildman–Crippen LogP) is 1.17. The van der Waals surface area contributed by atoms with E-state index in [0.717, 1.165) is 6.42 Å². The first-order chi connectivity index (χ1) is 9.70. The number of H-pyrrole nitrogens is 1. The number of benzene rings is 1. The average Bonchev–Trinajstić information content (AvgIpc) is 2.45. The molecule has 0 atom stereocenters. The van der Waals surface area contributed by atoms with Gasteiger partial charge in [-0.15, -0.1) is 0 Å². The molecule has 0 saturated heterocycles. The Kier molecular flexibility index (Phi) is 4.70. The van der Waals surface area contributed by atoms with Gasteiger partial charge in [-0.1, -0.05) is 19.1 Å². The highest BCUT2D eigenvalue weighted by Gasteiger charge is 2.04. The number of fused-ring (bicyclic) bond motifs is 1. The zero-order chi connectivity index (χ0) is 14.4. The largest absolute Gasteiger partial charge is 0.338 e. The second-order valence-electron chi connectivity index (χ2n) is 4.46. The van der Waals surface area contributed by atoms with Crippen LogP contribution < -0.4 is 16.2 Å². The first-order valence-electron chi connectivity index (χ1n) is 6.70. The SMILES string of the molecule is CCCNC(=O)NCCc1nc2ccccc2c(=O)[nH]1. The highest BCUT2D eigenvalue weighted by Crippen LogP contribution is 2.05. The van der Waals surface area contributed by atoms with Crippen molar-refractivity contribution in [1.29, 1.82) is 0 Å². The second kappa shape index (κ2) is 6.70. The smallest absolute Gasteiger partial charge is 0.314 e. The number of hydrogen-bond donors (Lipinski definition) is 3. The molecule has 2 rings (SSSR count). The number of hydrogen-bond acceptors (Lipinski definition) is 3. The van der Waals surface area contributed by atoms with Crippen molar-refractivity contribution in [2.45, 2.75) is 19.8 Å². The number of rotatable bonds is 5. The molecule has 2 aromatic rings. The Labute approximate surface area is 116 Å². The van der Waals surface area contributed by atoms with E-state index in [1.54, 1.807) is 18.2 Å². The monoisotopic (exact) mass is 274 g/mol. The number of urea groups is 1. The van der Waals surface area contributed by atoms with Crippen molar-refractivity contribution in [2.24, 2.45) is 0 Å². The zero-order valence-corrected chi connectivity index (χ0v) is 11.4. The van der Waals surface area contributed by atoms with E-state index in [4.69, 9.17) is 0 Å². The maximum absolute atomic E-state index is 11.8. The lowest BCUT2D eigenvalue weighted by Crippen LogP contribution is -2.37. The number of carbonyl (C=O) groups is 1. The van der Waals surface area contributed by atoms with E-state index < -0.39 is 0 Å². The fourth-order valence-electron chi connectivity index (χ4n) is 1.85. The lowest BCUT2D eigenvalue weighted by Gasteiger charge is -2.06. The van der Waals surface area contributed by atoms with Crippen molar-refractivity contribution in [3.63, 3.8) is 0 Å². The van der Waals surface area contributed by atoms with Crippen LogP contribution in [0.25, 0.3) is 10.9 Å². The van der Waals surface area contributed by atoms with E-state index in [-0.39, 0.29) is 11.6 Å². The molecule has 6 nitrogen and oxygen atoms in total. The molecular weight excluding hydrogens is 256 g/mol. The maximum atomic E-state index is 11.8. The lowest BCUT2D eigenvalue weighted by atomic mass is 10.2. The van der Waals surface area contributed by atoms with E-state index >= 15 is 0 Å². The summed E-state index contributed by atoms with van der Waals surface area (Å²) < 4.78 is 0. The van der Waals surface area contributed by atoms with Crippen LogP contribution in [0.15, 0.2) is 29.1 Å². The summed E-state index contributed by atoms with van der Waals surface area (Å²) in [5.74, 6) is 0.574. The van der Waals surface area contributed by atoms with Gasteiger partial charge >= 0.3 is 6.03 Å². The number of para-hydroxylation sites is 1. The molecule has 1 aromatic carbocycles. The van der Waals surface area contributed by atoms with Gasteiger partial charge in [-0.2, -0.15) is 0 Å². The second-order valence-corrected chi connectivity index (χ2v) is 4.46. The molecule has 20 heavy (non-hydrogen) atoms. The third-order valence-electron chi connectivity index (χ3n) is 2.84. The topological polar surface area (TPSA) is 86.9 Å². The summed E-state index contributed by atoms with van der Waals surface area (Å²) in [5.41, 5.74) is 0.516. The fourth-order valence-corrected chi connectivity index (χ4v) is 1.85. The molecule has 0 unspecified atom stereocenters. The molecule has 6 heteroatoms. The predicted molar refractivity (Wildman–Crippen MR) is 77.8 cm³/mol. The van der Waals surface area contributed by atoms with Gasteiger partial charge in [0.05, 0.1) is 10.9 Å². The minimum absolute atomic E-state index is 0.152. The van der Waals surface area contributed by atoms with Gasteiger partial charge in [0, 0.05) is 19.5 Å². The van der Waals surface area contributed by atoms with Crippen LogP contribution >= 0.6 is 0 Å². The van der Waals surface area contributed by atoms with Gasteiger partial charge in [-0.05, 0) is 18.6 Å². The normalized spacial score (nSPS) is 10.4. The molecule has 0 aliphatic heterocycles. The quantitative estimate of drug-likeness (QED) is 0.765. The van der Waals surface area contributed by atoms with Crippen LogP contribution in [-0.4, -0.2) is 29.1 Å². The summed E-state index contributed by atoms with van der Waals surface area (Å²) in [6, 6.07) is 6.99. The first kappa shape index (κ1) is 14.0. The summed E-state index contributed by atoms with van der Waals surface area (Å²) in [6.45, 7) is 3.07. The Morgan fingerprint density at radius 2 is 2.00 bits per heavy atom. The molecule has 1 heterocycles. The number of carbonyl (C=O) groups excluding carboxylic acids is 1. The molecule has 0 radical (unpaired) electrons. The van der Waals surface area contributed by atoms with Gasteiger partial charge in [0.1, 0.15) is 5.82 Å². The molecule has 0 spiro atoms. The summed E-state index contributed by atoms with van der Waals surface area (Å²) >= 11 is 0. The molecule has 0 saturated carbocycles. The van der Waals surface area contributed by atoms with Crippen molar-refractivity contribution in [3.05, 3.63) is 40.4 Å². The molecule has 0 aliphatic rings. The molecule has 1 aromatic heterocycles. The summed E-state index contributed by atoms with van der Waals surface area (Å²) in [5, 5.41) is 6.01. The number of aromatic amines is 1. The Morgan fingerprint density at radius 1 is 1.25 bits per heavy atom. The summed E-state index contributed by atoms with van der Waals surface area (Å²) in [7, 11) is 0. The Balaban J connectivity index is 1.97. The molecule has 0 bridgehead atoms. The van der Waals surface area contributed by atoms with Crippen LogP contribution in [0.5, 0.6) is 0 Å². The molecule has 2 amide bonds. The van der Waals surface area contributed by atoms with Gasteiger partial charge < -0.3 is 15.6 Å². The van der Waals surface area contributed by atoms with Crippen molar-refractivity contribution in [1.82, 2.24) is 20.6 Å². The highest BCUT2D eigenvalue weighted by molar-refractivity contribution is 5.77. The maximum Gasteiger partial charge on any atom is 0.314 e. The van der Waals surface area contributed by atoms with Gasteiger partial charge in [0.25, 0.3) is 5.56 Å².